The van der Waals surface area contributed by atoms with E-state index in [1.165, 1.54) is 38.5 Å². The van der Waals surface area contributed by atoms with Gasteiger partial charge in [0.25, 0.3) is 0 Å². The lowest BCUT2D eigenvalue weighted by Crippen LogP contribution is -2.54. The van der Waals surface area contributed by atoms with Gasteiger partial charge in [-0.1, -0.05) is 17.3 Å². The maximum absolute atomic E-state index is 12.7. The summed E-state index contributed by atoms with van der Waals surface area (Å²) in [4.78, 5) is 25.3. The van der Waals surface area contributed by atoms with Gasteiger partial charge in [-0.15, -0.1) is 0 Å². The molecule has 4 bridgehead atoms. The first-order chi connectivity index (χ1) is 16.1. The number of amides is 1. The van der Waals surface area contributed by atoms with Crippen LogP contribution >= 0.6 is 0 Å². The maximum Gasteiger partial charge on any atom is 0.240 e. The molecule has 1 amide bonds. The Balaban J connectivity index is 1.09. The summed E-state index contributed by atoms with van der Waals surface area (Å²) >= 11 is 0. The third-order valence-electron chi connectivity index (χ3n) is 7.44. The zero-order valence-electron chi connectivity index (χ0n) is 18.5. The average Bonchev–Trinajstić information content (AvgIpc) is 3.28. The number of carbonyl (C=O) groups excluding carboxylic acids is 1. The fourth-order valence-electron chi connectivity index (χ4n) is 6.55. The van der Waals surface area contributed by atoms with Gasteiger partial charge in [0, 0.05) is 30.8 Å². The van der Waals surface area contributed by atoms with Gasteiger partial charge in [0.05, 0.1) is 11.4 Å². The molecule has 2 aromatic heterocycles. The fourth-order valence-corrected chi connectivity index (χ4v) is 6.55. The SMILES string of the molecule is O=C(CCc1nc(-c2ncccn2)no1)Nc1ccccc1NC12CC3CC(CC(C3)C1)C2. The summed E-state index contributed by atoms with van der Waals surface area (Å²) in [6.45, 7) is 0. The largest absolute Gasteiger partial charge is 0.378 e. The molecule has 170 valence electrons. The molecule has 0 radical (unpaired) electrons. The zero-order valence-corrected chi connectivity index (χ0v) is 18.5. The Bertz CT molecular complexity index is 1110. The third-order valence-corrected chi connectivity index (χ3v) is 7.44. The summed E-state index contributed by atoms with van der Waals surface area (Å²) < 4.78 is 5.27. The third kappa shape index (κ3) is 4.21. The lowest BCUT2D eigenvalue weighted by molar-refractivity contribution is -0.116. The monoisotopic (exact) mass is 444 g/mol. The molecule has 8 nitrogen and oxygen atoms in total. The van der Waals surface area contributed by atoms with E-state index >= 15 is 0 Å². The van der Waals surface area contributed by atoms with Gasteiger partial charge in [0.1, 0.15) is 0 Å². The number of benzene rings is 1. The van der Waals surface area contributed by atoms with Crippen molar-refractivity contribution in [2.75, 3.05) is 10.6 Å². The van der Waals surface area contributed by atoms with Crippen LogP contribution in [0.4, 0.5) is 11.4 Å². The van der Waals surface area contributed by atoms with Crippen LogP contribution in [0.5, 0.6) is 0 Å². The van der Waals surface area contributed by atoms with Crippen LogP contribution in [0.25, 0.3) is 11.6 Å². The second kappa shape index (κ2) is 8.24. The van der Waals surface area contributed by atoms with Gasteiger partial charge < -0.3 is 15.2 Å². The van der Waals surface area contributed by atoms with Gasteiger partial charge in [-0.2, -0.15) is 4.98 Å². The van der Waals surface area contributed by atoms with Crippen LogP contribution in [0.3, 0.4) is 0 Å². The van der Waals surface area contributed by atoms with Gasteiger partial charge >= 0.3 is 0 Å². The normalized spacial score (nSPS) is 27.5. The lowest BCUT2D eigenvalue weighted by Gasteiger charge is -2.57. The van der Waals surface area contributed by atoms with Crippen molar-refractivity contribution in [1.82, 2.24) is 20.1 Å². The van der Waals surface area contributed by atoms with Crippen molar-refractivity contribution < 1.29 is 9.32 Å². The molecule has 4 saturated carbocycles. The molecule has 2 N–H and O–H groups in total. The Labute approximate surface area is 192 Å². The first-order valence-electron chi connectivity index (χ1n) is 11.9. The Morgan fingerprint density at radius 1 is 0.939 bits per heavy atom. The molecule has 2 heterocycles. The number of para-hydroxylation sites is 2. The van der Waals surface area contributed by atoms with Crippen LogP contribution in [0.1, 0.15) is 50.8 Å². The minimum absolute atomic E-state index is 0.0783. The Morgan fingerprint density at radius 3 is 2.30 bits per heavy atom. The minimum Gasteiger partial charge on any atom is -0.378 e. The highest BCUT2D eigenvalue weighted by Gasteiger charge is 2.51. The van der Waals surface area contributed by atoms with Gasteiger partial charge in [-0.3, -0.25) is 4.79 Å². The highest BCUT2D eigenvalue weighted by atomic mass is 16.5. The Kier molecular flexibility index (Phi) is 5.08. The molecule has 8 heteroatoms. The number of nitrogens with zero attached hydrogens (tertiary/aromatic N) is 4. The van der Waals surface area contributed by atoms with E-state index in [0.29, 0.717) is 24.0 Å². The van der Waals surface area contributed by atoms with Crippen LogP contribution < -0.4 is 10.6 Å². The highest BCUT2D eigenvalue weighted by molar-refractivity contribution is 5.94. The molecular weight excluding hydrogens is 416 g/mol. The predicted octanol–water partition coefficient (Wildman–Crippen LogP) is 4.48. The summed E-state index contributed by atoms with van der Waals surface area (Å²) in [5.74, 6) is 3.65. The van der Waals surface area contributed by atoms with Crippen LogP contribution in [-0.4, -0.2) is 31.6 Å². The lowest BCUT2D eigenvalue weighted by atomic mass is 9.53. The van der Waals surface area contributed by atoms with Crippen molar-refractivity contribution in [3.63, 3.8) is 0 Å². The van der Waals surface area contributed by atoms with Crippen LogP contribution in [-0.2, 0) is 11.2 Å². The molecule has 0 unspecified atom stereocenters. The number of hydrogen-bond acceptors (Lipinski definition) is 7. The number of hydrogen-bond donors (Lipinski definition) is 2. The zero-order chi connectivity index (χ0) is 22.3. The van der Waals surface area contributed by atoms with Gasteiger partial charge in [0.2, 0.25) is 23.4 Å². The topological polar surface area (TPSA) is 106 Å². The molecule has 0 saturated heterocycles. The maximum atomic E-state index is 12.7. The summed E-state index contributed by atoms with van der Waals surface area (Å²) in [6, 6.07) is 9.77. The van der Waals surface area contributed by atoms with E-state index in [2.05, 4.69) is 36.8 Å². The molecular formula is C25H28N6O2. The Hall–Kier alpha value is -3.29. The fraction of sp³-hybridized carbons (Fsp3) is 0.480. The number of nitrogens with one attached hydrogen (secondary N) is 2. The molecule has 1 aromatic carbocycles. The number of rotatable bonds is 7. The molecule has 4 fully saturated rings. The molecule has 0 spiro atoms. The van der Waals surface area contributed by atoms with Gasteiger partial charge in [-0.25, -0.2) is 9.97 Å². The van der Waals surface area contributed by atoms with E-state index < -0.39 is 0 Å². The number of aryl methyl sites for hydroxylation is 1. The van der Waals surface area contributed by atoms with Crippen LogP contribution in [0.2, 0.25) is 0 Å². The van der Waals surface area contributed by atoms with E-state index in [4.69, 9.17) is 4.52 Å². The van der Waals surface area contributed by atoms with Crippen molar-refractivity contribution in [3.8, 4) is 11.6 Å². The number of aromatic nitrogens is 4. The van der Waals surface area contributed by atoms with Gasteiger partial charge in [-0.05, 0) is 74.5 Å². The van der Waals surface area contributed by atoms with Gasteiger partial charge in [0.15, 0.2) is 0 Å². The second-order valence-electron chi connectivity index (χ2n) is 10.0. The summed E-state index contributed by atoms with van der Waals surface area (Å²) in [7, 11) is 0. The first kappa shape index (κ1) is 20.3. The van der Waals surface area contributed by atoms with Crippen molar-refractivity contribution >= 4 is 17.3 Å². The van der Waals surface area contributed by atoms with Crippen LogP contribution in [0, 0.1) is 17.8 Å². The van der Waals surface area contributed by atoms with E-state index in [-0.39, 0.29) is 17.9 Å². The quantitative estimate of drug-likeness (QED) is 0.553. The molecule has 3 aromatic rings. The molecule has 7 rings (SSSR count). The van der Waals surface area contributed by atoms with Crippen molar-refractivity contribution in [2.45, 2.75) is 56.9 Å². The molecule has 0 atom stereocenters. The minimum atomic E-state index is -0.0783. The summed E-state index contributed by atoms with van der Waals surface area (Å²) in [5, 5.41) is 10.9. The summed E-state index contributed by atoms with van der Waals surface area (Å²) in [5.41, 5.74) is 2.05. The highest BCUT2D eigenvalue weighted by Crippen LogP contribution is 2.56. The molecule has 33 heavy (non-hydrogen) atoms. The van der Waals surface area contributed by atoms with E-state index in [1.54, 1.807) is 18.5 Å². The van der Waals surface area contributed by atoms with Crippen molar-refractivity contribution in [2.24, 2.45) is 17.8 Å². The first-order valence-corrected chi connectivity index (χ1v) is 11.9. The smallest absolute Gasteiger partial charge is 0.240 e. The van der Waals surface area contributed by atoms with E-state index in [0.717, 1.165) is 29.1 Å². The molecule has 4 aliphatic rings. The molecule has 4 aliphatic carbocycles. The Morgan fingerprint density at radius 2 is 1.61 bits per heavy atom. The van der Waals surface area contributed by atoms with Crippen molar-refractivity contribution in [1.29, 1.82) is 0 Å². The standard InChI is InChI=1S/C25H28N6O2/c32-21(6-7-22-29-24(31-33-22)23-26-8-3-9-27-23)28-19-4-1-2-5-20(19)30-25-13-16-10-17(14-25)12-18(11-16)15-25/h1-5,8-9,16-18,30H,6-7,10-15H2,(H,28,32). The summed E-state index contributed by atoms with van der Waals surface area (Å²) in [6.07, 6.45) is 11.9. The van der Waals surface area contributed by atoms with Crippen LogP contribution in [0.15, 0.2) is 47.2 Å². The van der Waals surface area contributed by atoms with E-state index in [1.807, 2.05) is 18.2 Å². The predicted molar refractivity (Wildman–Crippen MR) is 123 cm³/mol. The average molecular weight is 445 g/mol. The van der Waals surface area contributed by atoms with E-state index in [9.17, 15) is 4.79 Å². The number of carbonyl (C=O) groups is 1. The van der Waals surface area contributed by atoms with Crippen molar-refractivity contribution in [3.05, 3.63) is 48.6 Å². The number of anilines is 2. The second-order valence-corrected chi connectivity index (χ2v) is 10.0. The molecule has 0 aliphatic heterocycles.